The highest BCUT2D eigenvalue weighted by molar-refractivity contribution is 6.30. The van der Waals surface area contributed by atoms with Gasteiger partial charge in [0.2, 0.25) is 0 Å². The Morgan fingerprint density at radius 3 is 2.40 bits per heavy atom. The minimum atomic E-state index is -0.0737. The lowest BCUT2D eigenvalue weighted by atomic mass is 9.96. The van der Waals surface area contributed by atoms with E-state index in [4.69, 9.17) is 16.3 Å². The second kappa shape index (κ2) is 17.2. The van der Waals surface area contributed by atoms with Gasteiger partial charge in [0.05, 0.1) is 12.2 Å². The lowest BCUT2D eigenvalue weighted by Gasteiger charge is -2.29. The summed E-state index contributed by atoms with van der Waals surface area (Å²) in [6.45, 7) is 15.8. The van der Waals surface area contributed by atoms with Crippen LogP contribution in [0.3, 0.4) is 0 Å². The van der Waals surface area contributed by atoms with E-state index in [-0.39, 0.29) is 17.8 Å². The fraction of sp³-hybridized carbons (Fsp3) is 0.529. The first-order valence-electron chi connectivity index (χ1n) is 15.0. The predicted octanol–water partition coefficient (Wildman–Crippen LogP) is 6.39. The maximum atomic E-state index is 13.1. The average molecular weight is 569 g/mol. The van der Waals surface area contributed by atoms with Crippen LogP contribution in [0.15, 0.2) is 36.4 Å². The number of hydrogen-bond donors (Lipinski definition) is 1. The maximum Gasteiger partial charge on any atom is 0.251 e. The summed E-state index contributed by atoms with van der Waals surface area (Å²) in [4.78, 5) is 27.9. The van der Waals surface area contributed by atoms with E-state index in [0.29, 0.717) is 41.1 Å². The van der Waals surface area contributed by atoms with Crippen molar-refractivity contribution >= 4 is 36.1 Å². The minimum absolute atomic E-state index is 0.00356. The Hall–Kier alpha value is -2.63. The van der Waals surface area contributed by atoms with Crippen molar-refractivity contribution in [1.29, 1.82) is 0 Å². The molecule has 2 unspecified atom stereocenters. The van der Waals surface area contributed by atoms with E-state index in [1.54, 1.807) is 24.3 Å². The zero-order valence-corrected chi connectivity index (χ0v) is 26.2. The van der Waals surface area contributed by atoms with E-state index in [2.05, 4.69) is 43.9 Å². The molecule has 0 aromatic heterocycles. The summed E-state index contributed by atoms with van der Waals surface area (Å²) >= 11 is 5.95. The molecule has 2 aromatic carbocycles. The zero-order valence-electron chi connectivity index (χ0n) is 25.4. The SMILES string of the molecule is C=c1ccc(C(=O)NCC(C)OC2CCC2)c(CC)/c1=C/N(C)CC(CC)CCC(=O)c1ccc(Cl)cc1.CC. The molecule has 220 valence electrons. The molecule has 5 nitrogen and oxygen atoms in total. The van der Waals surface area contributed by atoms with Gasteiger partial charge in [0.15, 0.2) is 5.78 Å². The van der Waals surface area contributed by atoms with Gasteiger partial charge < -0.3 is 15.0 Å². The summed E-state index contributed by atoms with van der Waals surface area (Å²) in [5.41, 5.74) is 2.40. The molecule has 3 rings (SSSR count). The molecule has 2 atom stereocenters. The van der Waals surface area contributed by atoms with Crippen LogP contribution in [-0.2, 0) is 11.2 Å². The third kappa shape index (κ3) is 10.1. The minimum Gasteiger partial charge on any atom is -0.380 e. The van der Waals surface area contributed by atoms with Gasteiger partial charge in [-0.05, 0) is 86.1 Å². The Kier molecular flexibility index (Phi) is 14.5. The molecular formula is C34H49ClN2O3. The summed E-state index contributed by atoms with van der Waals surface area (Å²) < 4.78 is 5.97. The number of amides is 1. The molecule has 1 N–H and O–H groups in total. The number of ketones is 1. The maximum absolute atomic E-state index is 13.1. The van der Waals surface area contributed by atoms with Gasteiger partial charge in [-0.2, -0.15) is 0 Å². The van der Waals surface area contributed by atoms with Gasteiger partial charge in [0.1, 0.15) is 0 Å². The van der Waals surface area contributed by atoms with E-state index >= 15 is 0 Å². The van der Waals surface area contributed by atoms with Crippen LogP contribution in [-0.4, -0.2) is 48.9 Å². The number of nitrogens with zero attached hydrogens (tertiary/aromatic N) is 1. The Bertz CT molecular complexity index is 1190. The van der Waals surface area contributed by atoms with Crippen molar-refractivity contribution in [1.82, 2.24) is 10.2 Å². The first-order valence-corrected chi connectivity index (χ1v) is 15.3. The van der Waals surface area contributed by atoms with Crippen molar-refractivity contribution in [2.45, 2.75) is 91.8 Å². The largest absolute Gasteiger partial charge is 0.380 e. The molecule has 1 saturated carbocycles. The first kappa shape index (κ1) is 33.6. The number of halogens is 1. The summed E-state index contributed by atoms with van der Waals surface area (Å²) in [5, 5.41) is 5.59. The number of benzene rings is 2. The van der Waals surface area contributed by atoms with Crippen molar-refractivity contribution in [3.05, 3.63) is 68.5 Å². The molecule has 2 aromatic rings. The van der Waals surface area contributed by atoms with Crippen molar-refractivity contribution < 1.29 is 14.3 Å². The number of ether oxygens (including phenoxy) is 1. The number of carbonyl (C=O) groups is 2. The van der Waals surface area contributed by atoms with Gasteiger partial charge in [0, 0.05) is 54.1 Å². The molecule has 0 spiro atoms. The number of carbonyl (C=O) groups excluding carboxylic acids is 2. The fourth-order valence-corrected chi connectivity index (χ4v) is 5.03. The third-order valence-electron chi connectivity index (χ3n) is 7.49. The highest BCUT2D eigenvalue weighted by Gasteiger charge is 2.21. The van der Waals surface area contributed by atoms with Crippen LogP contribution >= 0.6 is 11.6 Å². The second-order valence-electron chi connectivity index (χ2n) is 10.5. The Morgan fingerprint density at radius 1 is 1.15 bits per heavy atom. The molecule has 0 heterocycles. The third-order valence-corrected chi connectivity index (χ3v) is 7.74. The molecule has 0 radical (unpaired) electrons. The predicted molar refractivity (Wildman–Crippen MR) is 168 cm³/mol. The van der Waals surface area contributed by atoms with E-state index in [0.717, 1.165) is 54.6 Å². The molecule has 6 heteroatoms. The van der Waals surface area contributed by atoms with Crippen molar-refractivity contribution in [2.75, 3.05) is 20.1 Å². The quantitative estimate of drug-likeness (QED) is 0.268. The number of Topliss-reactive ketones (excluding diaryl/α,β-unsaturated/α-hetero) is 1. The fourth-order valence-electron chi connectivity index (χ4n) is 4.90. The van der Waals surface area contributed by atoms with Gasteiger partial charge in [0.25, 0.3) is 5.91 Å². The molecule has 0 bridgehead atoms. The van der Waals surface area contributed by atoms with Gasteiger partial charge in [-0.25, -0.2) is 0 Å². The van der Waals surface area contributed by atoms with Gasteiger partial charge in [-0.15, -0.1) is 0 Å². The summed E-state index contributed by atoms with van der Waals surface area (Å²) in [6, 6.07) is 10.9. The van der Waals surface area contributed by atoms with E-state index in [9.17, 15) is 9.59 Å². The number of hydrogen-bond acceptors (Lipinski definition) is 4. The highest BCUT2D eigenvalue weighted by atomic mass is 35.5. The Morgan fingerprint density at radius 2 is 1.82 bits per heavy atom. The zero-order chi connectivity index (χ0) is 29.7. The first-order chi connectivity index (χ1) is 19.2. The van der Waals surface area contributed by atoms with Crippen LogP contribution in [0, 0.1) is 5.92 Å². The molecule has 1 amide bonds. The van der Waals surface area contributed by atoms with Crippen LogP contribution < -0.4 is 15.8 Å². The van der Waals surface area contributed by atoms with E-state index in [1.807, 2.05) is 32.9 Å². The summed E-state index contributed by atoms with van der Waals surface area (Å²) in [5.74, 6) is 0.441. The van der Waals surface area contributed by atoms with Gasteiger partial charge in [-0.1, -0.05) is 58.4 Å². The molecular weight excluding hydrogens is 520 g/mol. The molecule has 0 aliphatic heterocycles. The van der Waals surface area contributed by atoms with Crippen LogP contribution in [0.1, 0.15) is 99.4 Å². The van der Waals surface area contributed by atoms with Crippen molar-refractivity contribution in [2.24, 2.45) is 5.92 Å². The Labute approximate surface area is 246 Å². The Balaban J connectivity index is 0.00000274. The lowest BCUT2D eigenvalue weighted by molar-refractivity contribution is -0.0412. The van der Waals surface area contributed by atoms with Crippen LogP contribution in [0.2, 0.25) is 5.02 Å². The standard InChI is InChI=1S/C32H43ClN2O3.C2H6/c1-6-24(12-18-31(36)25-13-15-26(33)16-14-25)20-35(5)21-30-22(3)11-17-29(28(30)7-2)32(37)34-19-23(4)38-27-9-8-10-27;1-2/h11,13-17,21,23-24,27H,3,6-10,12,18-20H2,1-2,4-5H3,(H,34,37);1-2H3/b30-21+;. The van der Waals surface area contributed by atoms with Crippen molar-refractivity contribution in [3.63, 3.8) is 0 Å². The van der Waals surface area contributed by atoms with Crippen LogP contribution in [0.5, 0.6) is 0 Å². The van der Waals surface area contributed by atoms with Crippen LogP contribution in [0.25, 0.3) is 12.8 Å². The van der Waals surface area contributed by atoms with Crippen molar-refractivity contribution in [3.8, 4) is 0 Å². The second-order valence-corrected chi connectivity index (χ2v) is 11.0. The monoisotopic (exact) mass is 568 g/mol. The molecule has 1 fully saturated rings. The van der Waals surface area contributed by atoms with Gasteiger partial charge >= 0.3 is 0 Å². The molecule has 1 aliphatic carbocycles. The molecule has 0 saturated heterocycles. The number of rotatable bonds is 14. The number of nitrogens with one attached hydrogen (secondary N) is 1. The van der Waals surface area contributed by atoms with Gasteiger partial charge in [-0.3, -0.25) is 9.59 Å². The topological polar surface area (TPSA) is 58.6 Å². The van der Waals surface area contributed by atoms with E-state index in [1.165, 1.54) is 6.42 Å². The highest BCUT2D eigenvalue weighted by Crippen LogP contribution is 2.23. The average Bonchev–Trinajstić information content (AvgIpc) is 2.93. The smallest absolute Gasteiger partial charge is 0.251 e. The summed E-state index contributed by atoms with van der Waals surface area (Å²) in [6.07, 6.45) is 8.94. The molecule has 40 heavy (non-hydrogen) atoms. The normalized spacial score (nSPS) is 14.9. The molecule has 1 aliphatic rings. The lowest BCUT2D eigenvalue weighted by Crippen LogP contribution is -2.38. The van der Waals surface area contributed by atoms with Crippen LogP contribution in [0.4, 0.5) is 0 Å². The summed E-state index contributed by atoms with van der Waals surface area (Å²) in [7, 11) is 2.05. The van der Waals surface area contributed by atoms with E-state index < -0.39 is 0 Å².